The van der Waals surface area contributed by atoms with Gasteiger partial charge < -0.3 is 39.9 Å². The van der Waals surface area contributed by atoms with Crippen LogP contribution in [-0.4, -0.2) is 83.6 Å². The van der Waals surface area contributed by atoms with Crippen LogP contribution in [0.4, 0.5) is 0 Å². The van der Waals surface area contributed by atoms with Gasteiger partial charge in [0.05, 0.1) is 28.3 Å². The molecule has 0 amide bonds. The summed E-state index contributed by atoms with van der Waals surface area (Å²) in [6, 6.07) is 45.8. The van der Waals surface area contributed by atoms with E-state index < -0.39 is 43.3 Å². The molecule has 11 nitrogen and oxygen atoms in total. The van der Waals surface area contributed by atoms with Gasteiger partial charge in [-0.25, -0.2) is 14.8 Å². The number of benzene rings is 4. The quantitative estimate of drug-likeness (QED) is 0.0865. The van der Waals surface area contributed by atoms with Crippen LogP contribution in [0.25, 0.3) is 90.9 Å². The van der Waals surface area contributed by atoms with Crippen molar-refractivity contribution in [2.24, 2.45) is 0 Å². The first-order chi connectivity index (χ1) is 30.3. The Bertz CT molecular complexity index is 3000. The molecule has 4 aromatic carbocycles. The molecule has 11 heteroatoms. The second-order valence-corrected chi connectivity index (χ2v) is 15.3. The van der Waals surface area contributed by atoms with Gasteiger partial charge in [0, 0.05) is 44.3 Å². The van der Waals surface area contributed by atoms with E-state index in [1.54, 1.807) is 12.1 Å². The number of hydrogen-bond donors (Lipinski definition) is 6. The van der Waals surface area contributed by atoms with Crippen LogP contribution in [0.5, 0.6) is 0 Å². The number of aliphatic hydroxyl groups is 4. The summed E-state index contributed by atoms with van der Waals surface area (Å²) < 4.78 is 10.6. The number of aromatic amines is 2. The first kappa shape index (κ1) is 38.9. The summed E-state index contributed by atoms with van der Waals surface area (Å²) in [5, 5.41) is 40.2. The number of aliphatic hydroxyl groups excluding tert-OH is 4. The van der Waals surface area contributed by atoms with Crippen molar-refractivity contribution in [3.63, 3.8) is 0 Å². The SMILES string of the molecule is O=C(OC[C@H]1O[C@H](O)[C@H](O)[C@@H](O)[C@@H]1O)c1ccc(-c2c3nc(c(-c4ccccc4)c4ccc([nH]4)c(-c4ccccc4)c4nc(c(-c5ccccc5)c5ccc2[nH]5)C=C4)C=C3)cc1. The highest BCUT2D eigenvalue weighted by molar-refractivity contribution is 6.00. The molecule has 3 aliphatic heterocycles. The van der Waals surface area contributed by atoms with Crippen LogP contribution in [0.15, 0.2) is 140 Å². The van der Waals surface area contributed by atoms with Crippen molar-refractivity contribution in [2.75, 3.05) is 6.61 Å². The van der Waals surface area contributed by atoms with Crippen molar-refractivity contribution in [1.29, 1.82) is 0 Å². The van der Waals surface area contributed by atoms with Crippen LogP contribution in [-0.2, 0) is 9.47 Å². The Hall–Kier alpha value is -7.25. The zero-order valence-electron chi connectivity index (χ0n) is 33.1. The van der Waals surface area contributed by atoms with Crippen molar-refractivity contribution in [1.82, 2.24) is 19.9 Å². The van der Waals surface area contributed by atoms with Crippen molar-refractivity contribution < 1.29 is 34.7 Å². The van der Waals surface area contributed by atoms with Crippen molar-refractivity contribution >= 4 is 52.3 Å². The highest BCUT2D eigenvalue weighted by Gasteiger charge is 2.43. The topological polar surface area (TPSA) is 174 Å². The molecule has 0 spiro atoms. The fourth-order valence-corrected chi connectivity index (χ4v) is 8.32. The van der Waals surface area contributed by atoms with Gasteiger partial charge in [0.15, 0.2) is 6.29 Å². The third-order valence-electron chi connectivity index (χ3n) is 11.4. The Balaban J connectivity index is 1.17. The van der Waals surface area contributed by atoms with E-state index in [0.29, 0.717) is 5.69 Å². The summed E-state index contributed by atoms with van der Waals surface area (Å²) in [6.07, 6.45) is 0.238. The Morgan fingerprint density at radius 2 is 0.855 bits per heavy atom. The molecule has 6 heterocycles. The number of ether oxygens (including phenoxy) is 2. The van der Waals surface area contributed by atoms with Gasteiger partial charge in [-0.2, -0.15) is 0 Å². The zero-order valence-corrected chi connectivity index (χ0v) is 33.1. The molecule has 8 bridgehead atoms. The van der Waals surface area contributed by atoms with Gasteiger partial charge in [-0.05, 0) is 83.0 Å². The van der Waals surface area contributed by atoms with E-state index in [4.69, 9.17) is 19.4 Å². The van der Waals surface area contributed by atoms with E-state index in [-0.39, 0.29) is 5.56 Å². The van der Waals surface area contributed by atoms with Crippen LogP contribution in [0.2, 0.25) is 0 Å². The minimum atomic E-state index is -1.74. The minimum absolute atomic E-state index is 0.226. The monoisotopic (exact) mass is 820 g/mol. The van der Waals surface area contributed by atoms with Crippen LogP contribution in [0.3, 0.4) is 0 Å². The largest absolute Gasteiger partial charge is 0.459 e. The second-order valence-electron chi connectivity index (χ2n) is 15.3. The Kier molecular flexibility index (Phi) is 10.2. The molecule has 0 aliphatic carbocycles. The summed E-state index contributed by atoms with van der Waals surface area (Å²) in [5.41, 5.74) is 14.1. The van der Waals surface area contributed by atoms with E-state index in [1.165, 1.54) is 0 Å². The maximum atomic E-state index is 13.2. The molecule has 306 valence electrons. The number of carbonyl (C=O) groups is 1. The third-order valence-corrected chi connectivity index (χ3v) is 11.4. The fourth-order valence-electron chi connectivity index (χ4n) is 8.32. The molecule has 3 aliphatic rings. The molecular weight excluding hydrogens is 781 g/mol. The number of aromatic nitrogens is 4. The number of hydrogen-bond acceptors (Lipinski definition) is 9. The summed E-state index contributed by atoms with van der Waals surface area (Å²) in [6.45, 7) is -0.459. The van der Waals surface area contributed by atoms with Gasteiger partial charge in [-0.15, -0.1) is 0 Å². The van der Waals surface area contributed by atoms with Crippen LogP contribution in [0, 0.1) is 0 Å². The molecule has 0 unspecified atom stereocenters. The van der Waals surface area contributed by atoms with E-state index in [1.807, 2.05) is 84.9 Å². The highest BCUT2D eigenvalue weighted by Crippen LogP contribution is 2.38. The van der Waals surface area contributed by atoms with Crippen molar-refractivity contribution in [2.45, 2.75) is 30.7 Å². The number of rotatable bonds is 7. The predicted molar refractivity (Wildman–Crippen MR) is 240 cm³/mol. The third kappa shape index (κ3) is 7.23. The van der Waals surface area contributed by atoms with Crippen molar-refractivity contribution in [3.8, 4) is 44.5 Å². The number of nitrogens with one attached hydrogen (secondary N) is 2. The molecule has 7 aromatic rings. The molecule has 10 rings (SSSR count). The minimum Gasteiger partial charge on any atom is -0.459 e. The van der Waals surface area contributed by atoms with Crippen LogP contribution >= 0.6 is 0 Å². The summed E-state index contributed by atoms with van der Waals surface area (Å²) in [5.74, 6) is -0.704. The Morgan fingerprint density at radius 3 is 1.24 bits per heavy atom. The maximum Gasteiger partial charge on any atom is 0.338 e. The second kappa shape index (κ2) is 16.3. The smallest absolute Gasteiger partial charge is 0.338 e. The van der Waals surface area contributed by atoms with Gasteiger partial charge in [0.25, 0.3) is 0 Å². The average Bonchev–Trinajstić information content (AvgIpc) is 4.16. The molecule has 5 atom stereocenters. The lowest BCUT2D eigenvalue weighted by molar-refractivity contribution is -0.286. The number of carbonyl (C=O) groups excluding carboxylic acids is 1. The molecule has 0 radical (unpaired) electrons. The average molecular weight is 821 g/mol. The first-order valence-electron chi connectivity index (χ1n) is 20.3. The molecule has 3 aromatic heterocycles. The first-order valence-corrected chi connectivity index (χ1v) is 20.3. The fraction of sp³-hybridized carbons (Fsp3) is 0.118. The Morgan fingerprint density at radius 1 is 0.484 bits per heavy atom. The van der Waals surface area contributed by atoms with Gasteiger partial charge in [0.2, 0.25) is 0 Å². The lowest BCUT2D eigenvalue weighted by Crippen LogP contribution is -2.58. The lowest BCUT2D eigenvalue weighted by atomic mass is 9.99. The number of nitrogens with zero attached hydrogens (tertiary/aromatic N) is 2. The predicted octanol–water partition coefficient (Wildman–Crippen LogP) is 8.28. The Labute approximate surface area is 355 Å². The summed E-state index contributed by atoms with van der Waals surface area (Å²) >= 11 is 0. The standard InChI is InChI=1S/C51H40N4O7/c56-47-42(62-51(60)49(58)48(47)57)28-61-50(59)33-18-16-32(17-19-33)46-40-26-24-38(54-40)44(30-12-6-2-7-13-30)36-22-20-34(52-36)43(29-10-4-1-5-11-29)35-21-23-37(53-35)45(31-14-8-3-9-15-31)39-25-27-41(46)55-39/h1-27,42,47-49,51-52,55-58,60H,28H2/t42-,47-,48+,49-,51+/m1/s1. The van der Waals surface area contributed by atoms with E-state index in [2.05, 4.69) is 76.7 Å². The van der Waals surface area contributed by atoms with Crippen LogP contribution in [0.1, 0.15) is 33.1 Å². The van der Waals surface area contributed by atoms with Gasteiger partial charge >= 0.3 is 5.97 Å². The number of esters is 1. The highest BCUT2D eigenvalue weighted by atomic mass is 16.6. The molecule has 0 saturated carbocycles. The van der Waals surface area contributed by atoms with Gasteiger partial charge in [-0.1, -0.05) is 103 Å². The summed E-state index contributed by atoms with van der Waals surface area (Å²) in [4.78, 5) is 31.4. The zero-order chi connectivity index (χ0) is 42.3. The van der Waals surface area contributed by atoms with Crippen LogP contribution < -0.4 is 0 Å². The summed E-state index contributed by atoms with van der Waals surface area (Å²) in [7, 11) is 0. The van der Waals surface area contributed by atoms with E-state index in [9.17, 15) is 25.2 Å². The maximum absolute atomic E-state index is 13.2. The number of fused-ring (bicyclic) bond motifs is 8. The molecular formula is C51H40N4O7. The molecule has 1 saturated heterocycles. The lowest BCUT2D eigenvalue weighted by Gasteiger charge is -2.37. The molecule has 1 fully saturated rings. The normalized spacial score (nSPS) is 19.4. The molecule has 6 N–H and O–H groups in total. The van der Waals surface area contributed by atoms with Crippen molar-refractivity contribution in [3.05, 3.63) is 168 Å². The van der Waals surface area contributed by atoms with E-state index in [0.717, 1.165) is 83.7 Å². The van der Waals surface area contributed by atoms with E-state index >= 15 is 0 Å². The van der Waals surface area contributed by atoms with Gasteiger partial charge in [0.1, 0.15) is 31.0 Å². The number of H-pyrrole nitrogens is 2. The molecule has 62 heavy (non-hydrogen) atoms. The van der Waals surface area contributed by atoms with Gasteiger partial charge in [-0.3, -0.25) is 0 Å².